The highest BCUT2D eigenvalue weighted by Crippen LogP contribution is 2.57. The second-order valence-electron chi connectivity index (χ2n) is 11.1. The lowest BCUT2D eigenvalue weighted by molar-refractivity contribution is -0.123. The van der Waals surface area contributed by atoms with Crippen molar-refractivity contribution in [1.82, 2.24) is 0 Å². The number of benzene rings is 3. The van der Waals surface area contributed by atoms with Crippen molar-refractivity contribution in [2.45, 2.75) is 18.8 Å². The number of carbonyl (C=O) groups is 5. The Labute approximate surface area is 252 Å². The Morgan fingerprint density at radius 3 is 2.42 bits per heavy atom. The predicted molar refractivity (Wildman–Crippen MR) is 158 cm³/mol. The lowest BCUT2D eigenvalue weighted by Crippen LogP contribution is -2.39. The summed E-state index contributed by atoms with van der Waals surface area (Å²) in [4.78, 5) is 67.2. The number of allylic oxidation sites excluding steroid dienone is 6. The highest BCUT2D eigenvalue weighted by atomic mass is 79.9. The highest BCUT2D eigenvalue weighted by molar-refractivity contribution is 9.12. The minimum Gasteiger partial charge on any atom is -0.508 e. The van der Waals surface area contributed by atoms with E-state index in [-0.39, 0.29) is 57.0 Å². The maximum Gasteiger partial charge on any atom is 0.339 e. The Kier molecular flexibility index (Phi) is 6.04. The molecule has 9 nitrogen and oxygen atoms in total. The number of imide groups is 1. The Morgan fingerprint density at radius 1 is 0.907 bits per heavy atom. The molecule has 7 rings (SSSR count). The van der Waals surface area contributed by atoms with Crippen LogP contribution in [-0.2, 0) is 19.2 Å². The molecule has 0 aromatic heterocycles. The average molecular weight is 640 g/mol. The molecule has 1 saturated heterocycles. The number of carboxylic acid groups (broad SMARTS) is 1. The van der Waals surface area contributed by atoms with E-state index >= 15 is 0 Å². The summed E-state index contributed by atoms with van der Waals surface area (Å²) in [6.45, 7) is 0. The number of ketones is 2. The number of aromatic hydroxyl groups is 2. The van der Waals surface area contributed by atoms with Gasteiger partial charge in [0.25, 0.3) is 0 Å². The van der Waals surface area contributed by atoms with Gasteiger partial charge in [0.1, 0.15) is 17.1 Å². The standard InChI is InChI=1S/C33H22BrNO8/c34-22-13-25(38)28-21(30(22)39)12-20-17(29(28)27-16-4-2-1-3-14(16)5-10-23(27)36)8-9-19-26(20)32(41)35(31(19)40)15-6-7-18(33(42)43)24(37)11-15/h1-8,10-11,13,19-20,26,29,36-37H,9,12H2,(H,42,43)/t19-,20+,26-,29+/m0/s1. The number of nitrogens with zero attached hydrogens (tertiary/aromatic N) is 1. The minimum absolute atomic E-state index is 0.0435. The number of carbonyl (C=O) groups excluding carboxylic acids is 4. The first kappa shape index (κ1) is 27.0. The second-order valence-corrected chi connectivity index (χ2v) is 12.0. The average Bonchev–Trinajstić information content (AvgIpc) is 3.24. The van der Waals surface area contributed by atoms with Crippen LogP contribution in [0.4, 0.5) is 5.69 Å². The number of hydrogen-bond acceptors (Lipinski definition) is 7. The first-order chi connectivity index (χ1) is 20.6. The van der Waals surface area contributed by atoms with Crippen LogP contribution in [0.1, 0.15) is 34.7 Å². The molecule has 1 heterocycles. The van der Waals surface area contributed by atoms with Gasteiger partial charge in [0, 0.05) is 34.8 Å². The molecule has 1 aliphatic heterocycles. The van der Waals surface area contributed by atoms with Gasteiger partial charge in [-0.25, -0.2) is 9.69 Å². The zero-order valence-electron chi connectivity index (χ0n) is 22.3. The Hall–Kier alpha value is -4.83. The molecule has 0 spiro atoms. The summed E-state index contributed by atoms with van der Waals surface area (Å²) in [5.74, 6) is -6.89. The van der Waals surface area contributed by atoms with Crippen molar-refractivity contribution in [3.8, 4) is 11.5 Å². The van der Waals surface area contributed by atoms with E-state index in [1.54, 1.807) is 12.1 Å². The van der Waals surface area contributed by atoms with Crippen LogP contribution in [-0.4, -0.2) is 44.7 Å². The predicted octanol–water partition coefficient (Wildman–Crippen LogP) is 4.92. The summed E-state index contributed by atoms with van der Waals surface area (Å²) in [5, 5.41) is 32.3. The second kappa shape index (κ2) is 9.60. The first-order valence-corrected chi connectivity index (χ1v) is 14.4. The molecule has 3 aromatic carbocycles. The third-order valence-corrected chi connectivity index (χ3v) is 9.63. The Bertz CT molecular complexity index is 1950. The van der Waals surface area contributed by atoms with Crippen molar-refractivity contribution in [1.29, 1.82) is 0 Å². The van der Waals surface area contributed by atoms with Gasteiger partial charge in [-0.05, 0) is 63.7 Å². The van der Waals surface area contributed by atoms with E-state index in [1.807, 2.05) is 30.3 Å². The van der Waals surface area contributed by atoms with Gasteiger partial charge in [-0.2, -0.15) is 0 Å². The van der Waals surface area contributed by atoms with Crippen LogP contribution in [0.25, 0.3) is 10.8 Å². The molecule has 4 atom stereocenters. The van der Waals surface area contributed by atoms with E-state index in [9.17, 15) is 39.3 Å². The molecule has 0 unspecified atom stereocenters. The minimum atomic E-state index is -1.36. The van der Waals surface area contributed by atoms with E-state index in [4.69, 9.17) is 0 Å². The van der Waals surface area contributed by atoms with E-state index in [1.165, 1.54) is 12.1 Å². The maximum absolute atomic E-state index is 14.1. The molecule has 43 heavy (non-hydrogen) atoms. The quantitative estimate of drug-likeness (QED) is 0.208. The van der Waals surface area contributed by atoms with Crippen LogP contribution >= 0.6 is 15.9 Å². The van der Waals surface area contributed by atoms with Gasteiger partial charge in [-0.1, -0.05) is 42.0 Å². The number of anilines is 1. The normalized spacial score (nSPS) is 24.9. The van der Waals surface area contributed by atoms with Crippen molar-refractivity contribution < 1.29 is 39.3 Å². The summed E-state index contributed by atoms with van der Waals surface area (Å²) in [7, 11) is 0. The van der Waals surface area contributed by atoms with Crippen LogP contribution in [0.3, 0.4) is 0 Å². The maximum atomic E-state index is 14.1. The van der Waals surface area contributed by atoms with Gasteiger partial charge in [0.05, 0.1) is 22.0 Å². The summed E-state index contributed by atoms with van der Waals surface area (Å²) >= 11 is 3.21. The van der Waals surface area contributed by atoms with E-state index in [0.29, 0.717) is 16.5 Å². The number of phenolic OH excluding ortho intramolecular Hbond substituents is 1. The van der Waals surface area contributed by atoms with E-state index in [0.717, 1.165) is 22.4 Å². The smallest absolute Gasteiger partial charge is 0.339 e. The van der Waals surface area contributed by atoms with Crippen molar-refractivity contribution in [2.24, 2.45) is 17.8 Å². The number of halogens is 1. The van der Waals surface area contributed by atoms with Crippen molar-refractivity contribution >= 4 is 61.7 Å². The van der Waals surface area contributed by atoms with Gasteiger partial charge in [-0.15, -0.1) is 0 Å². The fourth-order valence-corrected chi connectivity index (χ4v) is 7.67. The Balaban J connectivity index is 1.39. The molecular formula is C33H22BrNO8. The molecule has 3 N–H and O–H groups in total. The third-order valence-electron chi connectivity index (χ3n) is 9.04. The number of phenols is 2. The van der Waals surface area contributed by atoms with Gasteiger partial charge >= 0.3 is 5.97 Å². The lowest BCUT2D eigenvalue weighted by Gasteiger charge is -2.42. The van der Waals surface area contributed by atoms with Crippen LogP contribution < -0.4 is 4.90 Å². The van der Waals surface area contributed by atoms with Gasteiger partial charge < -0.3 is 15.3 Å². The van der Waals surface area contributed by atoms with Gasteiger partial charge in [0.15, 0.2) is 11.6 Å². The van der Waals surface area contributed by atoms with Crippen molar-refractivity contribution in [2.75, 3.05) is 4.90 Å². The number of rotatable bonds is 3. The van der Waals surface area contributed by atoms with Crippen molar-refractivity contribution in [3.63, 3.8) is 0 Å². The summed E-state index contributed by atoms with van der Waals surface area (Å²) in [5.41, 5.74) is 1.31. The van der Waals surface area contributed by atoms with Gasteiger partial charge in [-0.3, -0.25) is 19.2 Å². The molecule has 0 radical (unpaired) electrons. The van der Waals surface area contributed by atoms with Crippen LogP contribution in [0.15, 0.2) is 88.0 Å². The van der Waals surface area contributed by atoms with Crippen LogP contribution in [0.5, 0.6) is 11.5 Å². The molecule has 0 bridgehead atoms. The first-order valence-electron chi connectivity index (χ1n) is 13.6. The summed E-state index contributed by atoms with van der Waals surface area (Å²) < 4.78 is 0.0985. The highest BCUT2D eigenvalue weighted by Gasteiger charge is 2.57. The molecule has 214 valence electrons. The molecule has 2 amide bonds. The third kappa shape index (κ3) is 3.86. The van der Waals surface area contributed by atoms with Crippen molar-refractivity contribution in [3.05, 3.63) is 99.1 Å². The number of aromatic carboxylic acids is 1. The zero-order valence-corrected chi connectivity index (χ0v) is 23.9. The van der Waals surface area contributed by atoms with Crippen LogP contribution in [0.2, 0.25) is 0 Å². The fraction of sp³-hybridized carbons (Fsp3) is 0.182. The lowest BCUT2D eigenvalue weighted by atomic mass is 9.59. The molecule has 1 fully saturated rings. The number of carboxylic acids is 1. The zero-order chi connectivity index (χ0) is 30.3. The molecule has 10 heteroatoms. The number of hydrogen-bond donors (Lipinski definition) is 3. The summed E-state index contributed by atoms with van der Waals surface area (Å²) in [6.07, 6.45) is 3.32. The van der Waals surface area contributed by atoms with Gasteiger partial charge in [0.2, 0.25) is 11.8 Å². The van der Waals surface area contributed by atoms with Crippen LogP contribution in [0, 0.1) is 17.8 Å². The topological polar surface area (TPSA) is 149 Å². The molecule has 3 aromatic rings. The van der Waals surface area contributed by atoms with E-state index in [2.05, 4.69) is 15.9 Å². The molecule has 0 saturated carbocycles. The monoisotopic (exact) mass is 639 g/mol. The summed E-state index contributed by atoms with van der Waals surface area (Å²) in [6, 6.07) is 14.2. The molecule has 4 aliphatic rings. The SMILES string of the molecule is O=C1C=C(Br)C(=O)C2=C1[C@@H](c1c(O)ccc3ccccc13)C1=CC[C@@H]3C(=O)N(c4ccc(C(=O)O)c(O)c4)C(=O)[C@@H]3[C@@H]1C2. The Morgan fingerprint density at radius 2 is 1.67 bits per heavy atom. The number of amides is 2. The molecule has 3 aliphatic carbocycles. The fourth-order valence-electron chi connectivity index (χ4n) is 7.22. The number of fused-ring (bicyclic) bond motifs is 4. The van der Waals surface area contributed by atoms with E-state index < -0.39 is 47.2 Å². The molecular weight excluding hydrogens is 618 g/mol. The number of Topliss-reactive ketones (excluding diaryl/α,β-unsaturated/α-hetero) is 1. The largest absolute Gasteiger partial charge is 0.508 e.